The number of nitrogens with one attached hydrogen (secondary N) is 1. The number of benzene rings is 1. The standard InChI is InChI=1S/C17H21N3O/c1-3-16(21)20-9-13(10-20)11(2)14-5-4-12(8-18)17-15(14)6-7-19-17/h3-7,11,13,19H,1,8-10,18H2,2H3/t11-/m0/s1. The average Bonchev–Trinajstić information content (AvgIpc) is 2.93. The average molecular weight is 283 g/mol. The Labute approximate surface area is 124 Å². The van der Waals surface area contributed by atoms with E-state index >= 15 is 0 Å². The van der Waals surface area contributed by atoms with Crippen molar-refractivity contribution < 1.29 is 4.79 Å². The minimum absolute atomic E-state index is 0.0312. The second-order valence-electron chi connectivity index (χ2n) is 5.78. The highest BCUT2D eigenvalue weighted by atomic mass is 16.2. The molecule has 1 amide bonds. The van der Waals surface area contributed by atoms with E-state index in [0.717, 1.165) is 24.2 Å². The summed E-state index contributed by atoms with van der Waals surface area (Å²) in [5, 5.41) is 1.25. The molecule has 3 N–H and O–H groups in total. The van der Waals surface area contributed by atoms with Crippen LogP contribution < -0.4 is 5.73 Å². The lowest BCUT2D eigenvalue weighted by molar-refractivity contribution is -0.132. The van der Waals surface area contributed by atoms with Gasteiger partial charge in [-0.05, 0) is 29.2 Å². The van der Waals surface area contributed by atoms with E-state index in [1.165, 1.54) is 17.0 Å². The van der Waals surface area contributed by atoms with Gasteiger partial charge in [0.2, 0.25) is 5.91 Å². The maximum absolute atomic E-state index is 11.5. The molecule has 0 aliphatic carbocycles. The van der Waals surface area contributed by atoms with Crippen molar-refractivity contribution in [2.45, 2.75) is 19.4 Å². The van der Waals surface area contributed by atoms with Gasteiger partial charge in [-0.1, -0.05) is 25.6 Å². The van der Waals surface area contributed by atoms with Crippen LogP contribution in [0.2, 0.25) is 0 Å². The number of nitrogens with two attached hydrogens (primary N) is 1. The van der Waals surface area contributed by atoms with E-state index in [4.69, 9.17) is 5.73 Å². The SMILES string of the molecule is C=CC(=O)N1CC([C@H](C)c2ccc(CN)c3[nH]ccc23)C1. The molecule has 3 rings (SSSR count). The van der Waals surface area contributed by atoms with Gasteiger partial charge in [0.15, 0.2) is 0 Å². The summed E-state index contributed by atoms with van der Waals surface area (Å²) in [6.45, 7) is 7.95. The summed E-state index contributed by atoms with van der Waals surface area (Å²) >= 11 is 0. The van der Waals surface area contributed by atoms with Crippen molar-refractivity contribution in [2.24, 2.45) is 11.7 Å². The largest absolute Gasteiger partial charge is 0.361 e. The fourth-order valence-electron chi connectivity index (χ4n) is 3.20. The maximum atomic E-state index is 11.5. The Hall–Kier alpha value is -2.07. The molecule has 110 valence electrons. The van der Waals surface area contributed by atoms with E-state index in [2.05, 4.69) is 36.7 Å². The van der Waals surface area contributed by atoms with Gasteiger partial charge in [-0.15, -0.1) is 0 Å². The van der Waals surface area contributed by atoms with E-state index in [1.807, 2.05) is 11.1 Å². The van der Waals surface area contributed by atoms with Crippen LogP contribution in [0.1, 0.15) is 24.0 Å². The Morgan fingerprint density at radius 3 is 2.95 bits per heavy atom. The third-order valence-electron chi connectivity index (χ3n) is 4.66. The first kappa shape index (κ1) is 13.9. The van der Waals surface area contributed by atoms with Crippen molar-refractivity contribution in [1.29, 1.82) is 0 Å². The first-order chi connectivity index (χ1) is 10.2. The number of H-pyrrole nitrogens is 1. The normalized spacial score (nSPS) is 16.8. The molecule has 1 aliphatic heterocycles. The molecule has 0 bridgehead atoms. The highest BCUT2D eigenvalue weighted by molar-refractivity contribution is 5.88. The number of aromatic amines is 1. The molecule has 1 aliphatic rings. The molecule has 4 nitrogen and oxygen atoms in total. The van der Waals surface area contributed by atoms with Crippen LogP contribution in [0.5, 0.6) is 0 Å². The van der Waals surface area contributed by atoms with E-state index in [1.54, 1.807) is 0 Å². The van der Waals surface area contributed by atoms with Crippen molar-refractivity contribution in [3.8, 4) is 0 Å². The number of fused-ring (bicyclic) bond motifs is 1. The number of aromatic nitrogens is 1. The molecular formula is C17H21N3O. The van der Waals surface area contributed by atoms with Gasteiger partial charge >= 0.3 is 0 Å². The first-order valence-electron chi connectivity index (χ1n) is 7.36. The van der Waals surface area contributed by atoms with Gasteiger partial charge in [0, 0.05) is 37.1 Å². The van der Waals surface area contributed by atoms with Gasteiger partial charge in [0.1, 0.15) is 0 Å². The quantitative estimate of drug-likeness (QED) is 0.846. The predicted molar refractivity (Wildman–Crippen MR) is 84.9 cm³/mol. The zero-order chi connectivity index (χ0) is 15.0. The lowest BCUT2D eigenvalue weighted by Gasteiger charge is -2.42. The van der Waals surface area contributed by atoms with Crippen molar-refractivity contribution in [1.82, 2.24) is 9.88 Å². The van der Waals surface area contributed by atoms with Gasteiger partial charge < -0.3 is 15.6 Å². The van der Waals surface area contributed by atoms with Crippen LogP contribution in [-0.4, -0.2) is 28.9 Å². The van der Waals surface area contributed by atoms with Crippen LogP contribution in [0.3, 0.4) is 0 Å². The molecule has 2 aromatic rings. The molecule has 1 fully saturated rings. The minimum atomic E-state index is 0.0312. The Balaban J connectivity index is 1.83. The first-order valence-corrected chi connectivity index (χ1v) is 7.36. The summed E-state index contributed by atoms with van der Waals surface area (Å²) in [5.41, 5.74) is 9.40. The van der Waals surface area contributed by atoms with E-state index < -0.39 is 0 Å². The van der Waals surface area contributed by atoms with E-state index in [-0.39, 0.29) is 5.91 Å². The zero-order valence-corrected chi connectivity index (χ0v) is 12.3. The number of carbonyl (C=O) groups is 1. The van der Waals surface area contributed by atoms with Gasteiger partial charge in [0.25, 0.3) is 0 Å². The topological polar surface area (TPSA) is 62.1 Å². The fourth-order valence-corrected chi connectivity index (χ4v) is 3.20. The molecule has 0 radical (unpaired) electrons. The smallest absolute Gasteiger partial charge is 0.245 e. The van der Waals surface area contributed by atoms with Crippen LogP contribution in [0, 0.1) is 5.92 Å². The van der Waals surface area contributed by atoms with Gasteiger partial charge in [0.05, 0.1) is 5.52 Å². The fraction of sp³-hybridized carbons (Fsp3) is 0.353. The molecule has 4 heteroatoms. The zero-order valence-electron chi connectivity index (χ0n) is 12.3. The van der Waals surface area contributed by atoms with Crippen LogP contribution >= 0.6 is 0 Å². The molecule has 2 heterocycles. The number of hydrogen-bond acceptors (Lipinski definition) is 2. The van der Waals surface area contributed by atoms with Crippen LogP contribution in [0.25, 0.3) is 10.9 Å². The summed E-state index contributed by atoms with van der Waals surface area (Å²) in [5.74, 6) is 0.962. The molecule has 1 aromatic carbocycles. The summed E-state index contributed by atoms with van der Waals surface area (Å²) < 4.78 is 0. The monoisotopic (exact) mass is 283 g/mol. The van der Waals surface area contributed by atoms with Crippen LogP contribution in [-0.2, 0) is 11.3 Å². The summed E-state index contributed by atoms with van der Waals surface area (Å²) in [4.78, 5) is 16.7. The number of hydrogen-bond donors (Lipinski definition) is 2. The number of amides is 1. The van der Waals surface area contributed by atoms with E-state index in [9.17, 15) is 4.79 Å². The second-order valence-corrected chi connectivity index (χ2v) is 5.78. The molecule has 21 heavy (non-hydrogen) atoms. The third-order valence-corrected chi connectivity index (χ3v) is 4.66. The van der Waals surface area contributed by atoms with Crippen molar-refractivity contribution in [2.75, 3.05) is 13.1 Å². The lowest BCUT2D eigenvalue weighted by Crippen LogP contribution is -2.51. The van der Waals surface area contributed by atoms with Gasteiger partial charge in [-0.25, -0.2) is 0 Å². The molecule has 0 unspecified atom stereocenters. The molecular weight excluding hydrogens is 262 g/mol. The molecule has 1 saturated heterocycles. The van der Waals surface area contributed by atoms with E-state index in [0.29, 0.717) is 18.4 Å². The molecule has 0 spiro atoms. The number of carbonyl (C=O) groups excluding carboxylic acids is 1. The number of likely N-dealkylation sites (tertiary alicyclic amines) is 1. The highest BCUT2D eigenvalue weighted by Crippen LogP contribution is 2.36. The Bertz CT molecular complexity index is 682. The Morgan fingerprint density at radius 1 is 1.52 bits per heavy atom. The van der Waals surface area contributed by atoms with Crippen LogP contribution in [0.4, 0.5) is 0 Å². The predicted octanol–water partition coefficient (Wildman–Crippen LogP) is 2.37. The number of nitrogens with zero attached hydrogens (tertiary/aromatic N) is 1. The molecule has 1 atom stereocenters. The molecule has 0 saturated carbocycles. The van der Waals surface area contributed by atoms with Gasteiger partial charge in [-0.3, -0.25) is 4.79 Å². The summed E-state index contributed by atoms with van der Waals surface area (Å²) in [6.07, 6.45) is 3.36. The summed E-state index contributed by atoms with van der Waals surface area (Å²) in [7, 11) is 0. The van der Waals surface area contributed by atoms with Crippen LogP contribution in [0.15, 0.2) is 37.1 Å². The van der Waals surface area contributed by atoms with Crippen molar-refractivity contribution in [3.63, 3.8) is 0 Å². The maximum Gasteiger partial charge on any atom is 0.245 e. The Kier molecular flexibility index (Phi) is 3.55. The summed E-state index contributed by atoms with van der Waals surface area (Å²) in [6, 6.07) is 6.41. The van der Waals surface area contributed by atoms with Crippen molar-refractivity contribution >= 4 is 16.8 Å². The lowest BCUT2D eigenvalue weighted by atomic mass is 9.81. The minimum Gasteiger partial charge on any atom is -0.361 e. The number of rotatable bonds is 4. The molecule has 1 aromatic heterocycles. The second kappa shape index (κ2) is 5.37. The van der Waals surface area contributed by atoms with Crippen molar-refractivity contribution in [3.05, 3.63) is 48.2 Å². The Morgan fingerprint density at radius 2 is 2.29 bits per heavy atom. The highest BCUT2D eigenvalue weighted by Gasteiger charge is 2.34. The van der Waals surface area contributed by atoms with Gasteiger partial charge in [-0.2, -0.15) is 0 Å². The third kappa shape index (κ3) is 2.25.